The number of halogens is 2. The minimum absolute atomic E-state index is 0.0767. The summed E-state index contributed by atoms with van der Waals surface area (Å²) in [6.07, 6.45) is 1.77. The summed E-state index contributed by atoms with van der Waals surface area (Å²) >= 11 is 0. The number of amides is 1. The van der Waals surface area contributed by atoms with Gasteiger partial charge in [-0.3, -0.25) is 9.78 Å². The van der Waals surface area contributed by atoms with Crippen LogP contribution in [0.1, 0.15) is 48.0 Å². The molecule has 0 saturated heterocycles. The highest BCUT2D eigenvalue weighted by molar-refractivity contribution is 5.90. The number of ether oxygens (including phenoxy) is 1. The van der Waals surface area contributed by atoms with E-state index in [2.05, 4.69) is 15.3 Å². The molecule has 2 rings (SSSR count). The molecule has 8 heteroatoms. The van der Waals surface area contributed by atoms with Gasteiger partial charge in [0.15, 0.2) is 0 Å². The molecule has 0 aliphatic rings. The highest BCUT2D eigenvalue weighted by Crippen LogP contribution is 2.27. The molecule has 6 nitrogen and oxygen atoms in total. The fraction of sp³-hybridized carbons (Fsp3) is 0.450. The number of hydrogen-bond acceptors (Lipinski definition) is 4. The lowest BCUT2D eigenvalue weighted by Crippen LogP contribution is -2.13. The predicted octanol–water partition coefficient (Wildman–Crippen LogP) is 4.20. The third-order valence-corrected chi connectivity index (χ3v) is 3.43. The maximum Gasteiger partial charge on any atom is 0.272 e. The van der Waals surface area contributed by atoms with Gasteiger partial charge in [0.1, 0.15) is 18.1 Å². The molecule has 0 atom stereocenters. The number of alkyl halides is 2. The maximum atomic E-state index is 12.2. The number of carbonyl (C=O) groups is 1. The molecule has 0 unspecified atom stereocenters. The van der Waals surface area contributed by atoms with E-state index in [4.69, 9.17) is 10.5 Å². The molecule has 1 aromatic carbocycles. The van der Waals surface area contributed by atoms with Crippen LogP contribution in [-0.4, -0.2) is 34.4 Å². The largest absolute Gasteiger partial charge is 0.654 e. The number of nitrogens with two attached hydrogens (primary N) is 1. The van der Waals surface area contributed by atoms with Crippen LogP contribution in [0.25, 0.3) is 5.32 Å². The van der Waals surface area contributed by atoms with Crippen LogP contribution in [0.2, 0.25) is 0 Å². The van der Waals surface area contributed by atoms with Gasteiger partial charge in [-0.25, -0.2) is 13.8 Å². The molecule has 0 spiro atoms. The molecule has 2 N–H and O–H groups in total. The van der Waals surface area contributed by atoms with E-state index in [1.807, 2.05) is 46.8 Å². The number of benzene rings is 1. The van der Waals surface area contributed by atoms with Crippen molar-refractivity contribution in [2.24, 2.45) is 5.73 Å². The predicted molar refractivity (Wildman–Crippen MR) is 105 cm³/mol. The number of carbonyl (C=O) groups excluding carboxylic acids is 1. The van der Waals surface area contributed by atoms with Gasteiger partial charge in [-0.1, -0.05) is 38.5 Å². The van der Waals surface area contributed by atoms with Gasteiger partial charge in [0.2, 0.25) is 0 Å². The van der Waals surface area contributed by atoms with E-state index in [0.29, 0.717) is 12.3 Å². The smallest absolute Gasteiger partial charge is 0.272 e. The number of primary amides is 1. The highest BCUT2D eigenvalue weighted by Gasteiger charge is 2.09. The Hall–Kier alpha value is -2.61. The number of hydrogen-bond donors (Lipinski definition) is 1. The summed E-state index contributed by atoms with van der Waals surface area (Å²) in [5.74, 6) is 0.00269. The SMILES string of the molecule is Cc1cc(C[N-]C(C)(C)C)cc(C)c1OCC(F)F.NC(=O)c1cnccn1. The van der Waals surface area contributed by atoms with E-state index in [1.54, 1.807) is 0 Å². The second-order valence-corrected chi connectivity index (χ2v) is 7.20. The molecule has 154 valence electrons. The molecule has 1 aromatic heterocycles. The summed E-state index contributed by atoms with van der Waals surface area (Å²) in [4.78, 5) is 17.6. The highest BCUT2D eigenvalue weighted by atomic mass is 19.3. The van der Waals surface area contributed by atoms with Gasteiger partial charge >= 0.3 is 0 Å². The molecule has 0 aliphatic heterocycles. The van der Waals surface area contributed by atoms with E-state index in [9.17, 15) is 13.6 Å². The van der Waals surface area contributed by atoms with Gasteiger partial charge in [-0.2, -0.15) is 0 Å². The molecule has 0 fully saturated rings. The van der Waals surface area contributed by atoms with Crippen molar-refractivity contribution in [3.63, 3.8) is 0 Å². The van der Waals surface area contributed by atoms with Crippen LogP contribution < -0.4 is 10.5 Å². The van der Waals surface area contributed by atoms with Gasteiger partial charge in [0.05, 0.1) is 6.20 Å². The zero-order chi connectivity index (χ0) is 21.3. The Labute approximate surface area is 164 Å². The molecule has 28 heavy (non-hydrogen) atoms. The molecule has 0 bridgehead atoms. The van der Waals surface area contributed by atoms with Gasteiger partial charge in [-0.05, 0) is 25.0 Å². The molecule has 1 amide bonds. The summed E-state index contributed by atoms with van der Waals surface area (Å²) in [6, 6.07) is 3.89. The summed E-state index contributed by atoms with van der Waals surface area (Å²) in [5, 5.41) is 4.55. The minimum atomic E-state index is -2.45. The Morgan fingerprint density at radius 1 is 1.21 bits per heavy atom. The summed E-state index contributed by atoms with van der Waals surface area (Å²) < 4.78 is 29.5. The molecular formula is C20H27F2N4O2-. The van der Waals surface area contributed by atoms with Crippen LogP contribution in [0.4, 0.5) is 8.78 Å². The molecule has 0 aliphatic carbocycles. The van der Waals surface area contributed by atoms with Gasteiger partial charge in [0.25, 0.3) is 12.3 Å². The van der Waals surface area contributed by atoms with Crippen molar-refractivity contribution in [1.82, 2.24) is 9.97 Å². The molecule has 1 heterocycles. The lowest BCUT2D eigenvalue weighted by Gasteiger charge is -2.36. The van der Waals surface area contributed by atoms with E-state index in [-0.39, 0.29) is 11.2 Å². The number of aromatic nitrogens is 2. The van der Waals surface area contributed by atoms with Crippen molar-refractivity contribution in [3.8, 4) is 5.75 Å². The van der Waals surface area contributed by atoms with Crippen molar-refractivity contribution in [3.05, 3.63) is 58.4 Å². The second kappa shape index (κ2) is 10.7. The normalized spacial score (nSPS) is 11.0. The van der Waals surface area contributed by atoms with Crippen molar-refractivity contribution in [2.75, 3.05) is 6.61 Å². The fourth-order valence-electron chi connectivity index (χ4n) is 2.26. The third kappa shape index (κ3) is 8.85. The fourth-order valence-corrected chi connectivity index (χ4v) is 2.26. The van der Waals surface area contributed by atoms with Crippen LogP contribution in [0.5, 0.6) is 5.75 Å². The van der Waals surface area contributed by atoms with Crippen molar-refractivity contribution in [2.45, 2.75) is 53.1 Å². The molecule has 0 saturated carbocycles. The monoisotopic (exact) mass is 393 g/mol. The van der Waals surface area contributed by atoms with Crippen LogP contribution in [0, 0.1) is 13.8 Å². The van der Waals surface area contributed by atoms with Crippen molar-refractivity contribution in [1.29, 1.82) is 0 Å². The lowest BCUT2D eigenvalue weighted by atomic mass is 10.0. The summed E-state index contributed by atoms with van der Waals surface area (Å²) in [6.45, 7) is 9.95. The minimum Gasteiger partial charge on any atom is -0.654 e. The van der Waals surface area contributed by atoms with E-state index in [0.717, 1.165) is 16.7 Å². The average Bonchev–Trinajstić information content (AvgIpc) is 2.59. The quantitative estimate of drug-likeness (QED) is 0.796. The Balaban J connectivity index is 0.000000362. The van der Waals surface area contributed by atoms with Crippen LogP contribution >= 0.6 is 0 Å². The zero-order valence-electron chi connectivity index (χ0n) is 16.9. The van der Waals surface area contributed by atoms with Gasteiger partial charge in [-0.15, -0.1) is 12.1 Å². The van der Waals surface area contributed by atoms with Gasteiger partial charge < -0.3 is 15.8 Å². The first-order chi connectivity index (χ1) is 13.0. The standard InChI is InChI=1S/C15H22F2NO.C5H5N3O/c1-10-6-12(8-18-15(3,4)5)7-11(2)14(10)19-9-13(16)17;6-5(9)4-3-7-1-2-8-4/h6-7,13H,8-9H2,1-5H3;1-3H,(H2,6,9)/q-1;. The Morgan fingerprint density at radius 2 is 1.82 bits per heavy atom. The third-order valence-electron chi connectivity index (χ3n) is 3.43. The summed E-state index contributed by atoms with van der Waals surface area (Å²) in [5.41, 5.74) is 7.82. The first-order valence-corrected chi connectivity index (χ1v) is 8.75. The van der Waals surface area contributed by atoms with E-state index < -0.39 is 18.9 Å². The first kappa shape index (κ1) is 23.4. The average molecular weight is 393 g/mol. The Kier molecular flexibility index (Phi) is 8.91. The maximum absolute atomic E-state index is 12.2. The first-order valence-electron chi connectivity index (χ1n) is 8.75. The van der Waals surface area contributed by atoms with Crippen LogP contribution in [-0.2, 0) is 6.54 Å². The Morgan fingerprint density at radius 3 is 2.21 bits per heavy atom. The lowest BCUT2D eigenvalue weighted by molar-refractivity contribution is 0.0812. The van der Waals surface area contributed by atoms with Crippen LogP contribution in [0.15, 0.2) is 30.7 Å². The van der Waals surface area contributed by atoms with E-state index >= 15 is 0 Å². The second-order valence-electron chi connectivity index (χ2n) is 7.20. The van der Waals surface area contributed by atoms with E-state index in [1.165, 1.54) is 18.6 Å². The zero-order valence-corrected chi connectivity index (χ0v) is 16.9. The molecular weight excluding hydrogens is 366 g/mol. The Bertz CT molecular complexity index is 740. The molecule has 0 radical (unpaired) electrons. The molecule has 2 aromatic rings. The number of rotatable bonds is 6. The topological polar surface area (TPSA) is 92.2 Å². The van der Waals surface area contributed by atoms with Crippen molar-refractivity contribution >= 4 is 5.91 Å². The van der Waals surface area contributed by atoms with Crippen LogP contribution in [0.3, 0.4) is 0 Å². The van der Waals surface area contributed by atoms with Gasteiger partial charge in [0, 0.05) is 12.4 Å². The summed E-state index contributed by atoms with van der Waals surface area (Å²) in [7, 11) is 0. The van der Waals surface area contributed by atoms with Crippen molar-refractivity contribution < 1.29 is 18.3 Å². The number of aryl methyl sites for hydroxylation is 2. The number of nitrogens with zero attached hydrogens (tertiary/aromatic N) is 3.